The van der Waals surface area contributed by atoms with Crippen molar-refractivity contribution < 1.29 is 4.74 Å². The number of methoxy groups -OCH3 is 1. The molecule has 5 heteroatoms. The predicted octanol–water partition coefficient (Wildman–Crippen LogP) is 1.99. The molecular formula is C16H26N4O. The van der Waals surface area contributed by atoms with Gasteiger partial charge in [0, 0.05) is 44.7 Å². The first-order valence-electron chi connectivity index (χ1n) is 8.17. The summed E-state index contributed by atoms with van der Waals surface area (Å²) in [4.78, 5) is 11.0. The van der Waals surface area contributed by atoms with Gasteiger partial charge in [-0.25, -0.2) is 9.97 Å². The number of nitrogens with one attached hydrogen (secondary N) is 1. The first-order chi connectivity index (χ1) is 10.4. The maximum Gasteiger partial charge on any atom is 0.225 e. The number of rotatable bonds is 4. The van der Waals surface area contributed by atoms with Crippen LogP contribution in [0.1, 0.15) is 38.5 Å². The second-order valence-electron chi connectivity index (χ2n) is 6.14. The van der Waals surface area contributed by atoms with E-state index in [1.807, 2.05) is 25.6 Å². The van der Waals surface area contributed by atoms with Crippen molar-refractivity contribution in [2.75, 3.05) is 25.1 Å². The molecule has 0 spiro atoms. The summed E-state index contributed by atoms with van der Waals surface area (Å²) in [7, 11) is 1.85. The Morgan fingerprint density at radius 3 is 2.52 bits per heavy atom. The Labute approximate surface area is 127 Å². The van der Waals surface area contributed by atoms with E-state index in [2.05, 4.69) is 20.2 Å². The van der Waals surface area contributed by atoms with Gasteiger partial charge in [-0.15, -0.1) is 0 Å². The quantitative estimate of drug-likeness (QED) is 0.919. The second-order valence-corrected chi connectivity index (χ2v) is 6.14. The van der Waals surface area contributed by atoms with Gasteiger partial charge >= 0.3 is 0 Å². The molecule has 0 amide bonds. The Bertz CT molecular complexity index is 420. The Morgan fingerprint density at radius 2 is 1.81 bits per heavy atom. The third-order valence-corrected chi connectivity index (χ3v) is 4.79. The van der Waals surface area contributed by atoms with E-state index in [9.17, 15) is 0 Å². The van der Waals surface area contributed by atoms with E-state index in [0.717, 1.165) is 31.9 Å². The highest BCUT2D eigenvalue weighted by atomic mass is 16.5. The van der Waals surface area contributed by atoms with Crippen LogP contribution in [0.25, 0.3) is 0 Å². The molecule has 2 fully saturated rings. The zero-order valence-electron chi connectivity index (χ0n) is 12.9. The summed E-state index contributed by atoms with van der Waals surface area (Å²) in [5.41, 5.74) is 0. The molecule has 116 valence electrons. The molecule has 2 heterocycles. The zero-order valence-corrected chi connectivity index (χ0v) is 12.9. The molecule has 3 rings (SSSR count). The summed E-state index contributed by atoms with van der Waals surface area (Å²) in [6.45, 7) is 2.07. The van der Waals surface area contributed by atoms with E-state index >= 15 is 0 Å². The van der Waals surface area contributed by atoms with Crippen molar-refractivity contribution in [2.24, 2.45) is 0 Å². The highest BCUT2D eigenvalue weighted by Crippen LogP contribution is 2.23. The summed E-state index contributed by atoms with van der Waals surface area (Å²) in [5, 5.41) is 3.84. The predicted molar refractivity (Wildman–Crippen MR) is 83.5 cm³/mol. The number of hydrogen-bond acceptors (Lipinski definition) is 5. The minimum Gasteiger partial charge on any atom is -0.380 e. The van der Waals surface area contributed by atoms with E-state index in [0.29, 0.717) is 18.2 Å². The van der Waals surface area contributed by atoms with Crippen molar-refractivity contribution in [3.05, 3.63) is 18.5 Å². The fourth-order valence-electron chi connectivity index (χ4n) is 3.57. The summed E-state index contributed by atoms with van der Waals surface area (Å²) in [6, 6.07) is 3.00. The lowest BCUT2D eigenvalue weighted by molar-refractivity contribution is 0.0365. The van der Waals surface area contributed by atoms with Gasteiger partial charge in [0.25, 0.3) is 0 Å². The molecule has 0 aromatic carbocycles. The first kappa shape index (κ1) is 14.7. The molecule has 2 unspecified atom stereocenters. The Balaban J connectivity index is 1.49. The standard InChI is InChI=1S/C16H26N4O/c1-21-15-6-3-2-5-14(15)19-13-7-11-20(12-8-13)16-17-9-4-10-18-16/h4,9-10,13-15,19H,2-3,5-8,11-12H2,1H3. The number of nitrogens with zero attached hydrogens (tertiary/aromatic N) is 3. The third-order valence-electron chi connectivity index (χ3n) is 4.79. The lowest BCUT2D eigenvalue weighted by Crippen LogP contribution is -2.51. The largest absolute Gasteiger partial charge is 0.380 e. The molecule has 1 saturated carbocycles. The molecule has 1 aliphatic carbocycles. The van der Waals surface area contributed by atoms with Crippen LogP contribution < -0.4 is 10.2 Å². The molecule has 1 aromatic rings. The van der Waals surface area contributed by atoms with E-state index in [1.165, 1.54) is 25.7 Å². The van der Waals surface area contributed by atoms with Crippen molar-refractivity contribution in [1.82, 2.24) is 15.3 Å². The molecule has 0 bridgehead atoms. The van der Waals surface area contributed by atoms with Crippen LogP contribution >= 0.6 is 0 Å². The lowest BCUT2D eigenvalue weighted by Gasteiger charge is -2.38. The highest BCUT2D eigenvalue weighted by Gasteiger charge is 2.28. The van der Waals surface area contributed by atoms with Crippen molar-refractivity contribution in [2.45, 2.75) is 56.7 Å². The minimum atomic E-state index is 0.397. The Kier molecular flexibility index (Phi) is 5.04. The Hall–Kier alpha value is -1.20. The summed E-state index contributed by atoms with van der Waals surface area (Å²) < 4.78 is 5.64. The molecule has 2 atom stereocenters. The van der Waals surface area contributed by atoms with Crippen LogP contribution in [-0.2, 0) is 4.74 Å². The maximum absolute atomic E-state index is 5.64. The molecule has 1 aromatic heterocycles. The van der Waals surface area contributed by atoms with Crippen molar-refractivity contribution in [1.29, 1.82) is 0 Å². The average Bonchev–Trinajstić information content (AvgIpc) is 2.57. The van der Waals surface area contributed by atoms with Crippen molar-refractivity contribution in [3.63, 3.8) is 0 Å². The van der Waals surface area contributed by atoms with Crippen LogP contribution in [0.5, 0.6) is 0 Å². The number of anilines is 1. The maximum atomic E-state index is 5.64. The zero-order chi connectivity index (χ0) is 14.5. The molecular weight excluding hydrogens is 264 g/mol. The normalized spacial score (nSPS) is 27.8. The van der Waals surface area contributed by atoms with Crippen molar-refractivity contribution in [3.8, 4) is 0 Å². The van der Waals surface area contributed by atoms with Gasteiger partial charge in [0.1, 0.15) is 0 Å². The molecule has 2 aliphatic rings. The van der Waals surface area contributed by atoms with Crippen molar-refractivity contribution >= 4 is 5.95 Å². The van der Waals surface area contributed by atoms with Crippen LogP contribution in [0.4, 0.5) is 5.95 Å². The summed E-state index contributed by atoms with van der Waals surface area (Å²) >= 11 is 0. The van der Waals surface area contributed by atoms with Crippen LogP contribution in [0.3, 0.4) is 0 Å². The van der Waals surface area contributed by atoms with Gasteiger partial charge < -0.3 is 15.0 Å². The fourth-order valence-corrected chi connectivity index (χ4v) is 3.57. The SMILES string of the molecule is COC1CCCCC1NC1CCN(c2ncccn2)CC1. The fraction of sp³-hybridized carbons (Fsp3) is 0.750. The van der Waals surface area contributed by atoms with Gasteiger partial charge in [0.2, 0.25) is 5.95 Å². The van der Waals surface area contributed by atoms with Gasteiger partial charge in [-0.3, -0.25) is 0 Å². The smallest absolute Gasteiger partial charge is 0.225 e. The molecule has 21 heavy (non-hydrogen) atoms. The van der Waals surface area contributed by atoms with Crippen LogP contribution in [0, 0.1) is 0 Å². The lowest BCUT2D eigenvalue weighted by atomic mass is 9.91. The summed E-state index contributed by atoms with van der Waals surface area (Å²) in [5.74, 6) is 0.864. The summed E-state index contributed by atoms with van der Waals surface area (Å²) in [6.07, 6.45) is 11.4. The molecule has 1 saturated heterocycles. The topological polar surface area (TPSA) is 50.3 Å². The van der Waals surface area contributed by atoms with Crippen LogP contribution in [0.2, 0.25) is 0 Å². The number of hydrogen-bond donors (Lipinski definition) is 1. The van der Waals surface area contributed by atoms with E-state index in [-0.39, 0.29) is 0 Å². The number of aromatic nitrogens is 2. The van der Waals surface area contributed by atoms with Gasteiger partial charge in [-0.1, -0.05) is 12.8 Å². The van der Waals surface area contributed by atoms with Gasteiger partial charge in [-0.2, -0.15) is 0 Å². The molecule has 5 nitrogen and oxygen atoms in total. The van der Waals surface area contributed by atoms with Gasteiger partial charge in [-0.05, 0) is 31.7 Å². The number of ether oxygens (including phenoxy) is 1. The second kappa shape index (κ2) is 7.18. The van der Waals surface area contributed by atoms with Gasteiger partial charge in [0.15, 0.2) is 0 Å². The third kappa shape index (κ3) is 3.71. The van der Waals surface area contributed by atoms with E-state index < -0.39 is 0 Å². The first-order valence-corrected chi connectivity index (χ1v) is 8.17. The van der Waals surface area contributed by atoms with Crippen LogP contribution in [-0.4, -0.2) is 48.4 Å². The molecule has 0 radical (unpaired) electrons. The van der Waals surface area contributed by atoms with Gasteiger partial charge in [0.05, 0.1) is 6.10 Å². The Morgan fingerprint density at radius 1 is 1.10 bits per heavy atom. The number of piperidine rings is 1. The molecule has 1 aliphatic heterocycles. The molecule has 1 N–H and O–H groups in total. The average molecular weight is 290 g/mol. The highest BCUT2D eigenvalue weighted by molar-refractivity contribution is 5.29. The van der Waals surface area contributed by atoms with E-state index in [4.69, 9.17) is 4.74 Å². The van der Waals surface area contributed by atoms with Crippen LogP contribution in [0.15, 0.2) is 18.5 Å². The van der Waals surface area contributed by atoms with E-state index in [1.54, 1.807) is 0 Å². The minimum absolute atomic E-state index is 0.397. The monoisotopic (exact) mass is 290 g/mol.